The molecule has 2 aliphatic rings. The van der Waals surface area contributed by atoms with E-state index in [2.05, 4.69) is 56.0 Å². The largest absolute Gasteiger partial charge is 0.391 e. The minimum absolute atomic E-state index is 0.166. The summed E-state index contributed by atoms with van der Waals surface area (Å²) in [5.74, 6) is 0.639. The second kappa shape index (κ2) is 6.43. The minimum Gasteiger partial charge on any atom is -0.391 e. The summed E-state index contributed by atoms with van der Waals surface area (Å²) in [7, 11) is 1.98. The minimum atomic E-state index is -0.252. The van der Waals surface area contributed by atoms with Gasteiger partial charge < -0.3 is 10.4 Å². The van der Waals surface area contributed by atoms with Crippen LogP contribution in [0.5, 0.6) is 0 Å². The molecule has 0 amide bonds. The zero-order valence-electron chi connectivity index (χ0n) is 16.1. The Morgan fingerprint density at radius 1 is 1.38 bits per heavy atom. The van der Waals surface area contributed by atoms with Crippen molar-refractivity contribution in [1.29, 1.82) is 0 Å². The van der Waals surface area contributed by atoms with E-state index in [0.29, 0.717) is 17.4 Å². The van der Waals surface area contributed by atoms with Gasteiger partial charge >= 0.3 is 0 Å². The van der Waals surface area contributed by atoms with Gasteiger partial charge in [0, 0.05) is 42.8 Å². The second-order valence-corrected chi connectivity index (χ2v) is 8.42. The molecule has 24 heavy (non-hydrogen) atoms. The first-order chi connectivity index (χ1) is 11.3. The van der Waals surface area contributed by atoms with E-state index in [-0.39, 0.29) is 18.2 Å². The van der Waals surface area contributed by atoms with Crippen molar-refractivity contribution in [3.05, 3.63) is 17.5 Å². The van der Waals surface area contributed by atoms with Gasteiger partial charge in [-0.15, -0.1) is 0 Å². The summed E-state index contributed by atoms with van der Waals surface area (Å²) in [6.45, 7) is 13.4. The maximum Gasteiger partial charge on any atom is 0.0793 e. The summed E-state index contributed by atoms with van der Waals surface area (Å²) in [4.78, 5) is 2.57. The summed E-state index contributed by atoms with van der Waals surface area (Å²) in [6, 6.07) is 3.08. The molecule has 1 aromatic rings. The number of aliphatic hydroxyl groups is 1. The highest BCUT2D eigenvalue weighted by Crippen LogP contribution is 2.53. The Morgan fingerprint density at radius 3 is 2.62 bits per heavy atom. The van der Waals surface area contributed by atoms with Gasteiger partial charge in [0.25, 0.3) is 0 Å². The van der Waals surface area contributed by atoms with Gasteiger partial charge in [0.2, 0.25) is 0 Å². The molecule has 2 fully saturated rings. The van der Waals surface area contributed by atoms with E-state index in [1.165, 1.54) is 5.69 Å². The van der Waals surface area contributed by atoms with Crippen LogP contribution in [0.25, 0.3) is 0 Å². The number of aromatic nitrogens is 2. The Balaban J connectivity index is 1.68. The normalized spacial score (nSPS) is 34.9. The molecule has 1 spiro atoms. The van der Waals surface area contributed by atoms with Crippen molar-refractivity contribution in [2.45, 2.75) is 71.7 Å². The molecule has 2 heterocycles. The lowest BCUT2D eigenvalue weighted by molar-refractivity contribution is -0.0964. The Labute approximate surface area is 146 Å². The third kappa shape index (κ3) is 2.91. The second-order valence-electron chi connectivity index (χ2n) is 8.42. The van der Waals surface area contributed by atoms with Crippen LogP contribution in [-0.4, -0.2) is 51.1 Å². The lowest BCUT2D eigenvalue weighted by atomic mass is 9.65. The van der Waals surface area contributed by atoms with Gasteiger partial charge in [-0.05, 0) is 45.2 Å². The molecule has 5 nitrogen and oxygen atoms in total. The van der Waals surface area contributed by atoms with Gasteiger partial charge in [-0.25, -0.2) is 0 Å². The van der Waals surface area contributed by atoms with Crippen LogP contribution >= 0.6 is 0 Å². The smallest absolute Gasteiger partial charge is 0.0793 e. The first-order valence-electron chi connectivity index (χ1n) is 9.46. The van der Waals surface area contributed by atoms with Gasteiger partial charge in [-0.3, -0.25) is 9.58 Å². The van der Waals surface area contributed by atoms with Crippen LogP contribution in [0.15, 0.2) is 6.07 Å². The number of nitrogens with one attached hydrogen (secondary N) is 1. The zero-order valence-corrected chi connectivity index (χ0v) is 16.1. The van der Waals surface area contributed by atoms with E-state index in [9.17, 15) is 5.11 Å². The fourth-order valence-electron chi connectivity index (χ4n) is 5.27. The third-order valence-electron chi connectivity index (χ3n) is 6.32. The lowest BCUT2D eigenvalue weighted by Crippen LogP contribution is -2.65. The molecule has 0 aromatic carbocycles. The molecule has 2 N–H and O–H groups in total. The van der Waals surface area contributed by atoms with Gasteiger partial charge in [-0.1, -0.05) is 20.8 Å². The Kier molecular flexibility index (Phi) is 4.80. The number of rotatable bonds is 5. The Hall–Kier alpha value is -0.910. The first kappa shape index (κ1) is 17.9. The predicted molar refractivity (Wildman–Crippen MR) is 96.8 cm³/mol. The molecule has 0 bridgehead atoms. The van der Waals surface area contributed by atoms with Gasteiger partial charge in [0.15, 0.2) is 0 Å². The number of nitrogens with zero attached hydrogens (tertiary/aromatic N) is 3. The van der Waals surface area contributed by atoms with E-state index in [0.717, 1.165) is 31.6 Å². The topological polar surface area (TPSA) is 53.3 Å². The number of aryl methyl sites for hydroxylation is 2. The highest BCUT2D eigenvalue weighted by Gasteiger charge is 2.58. The highest BCUT2D eigenvalue weighted by molar-refractivity contribution is 5.15. The van der Waals surface area contributed by atoms with Crippen LogP contribution in [0.1, 0.15) is 58.0 Å². The van der Waals surface area contributed by atoms with Crippen LogP contribution in [-0.2, 0) is 7.05 Å². The van der Waals surface area contributed by atoms with Crippen LogP contribution in [0.3, 0.4) is 0 Å². The molecule has 5 heteroatoms. The lowest BCUT2D eigenvalue weighted by Gasteiger charge is -2.58. The van der Waals surface area contributed by atoms with Crippen LogP contribution < -0.4 is 5.32 Å². The van der Waals surface area contributed by atoms with Crippen molar-refractivity contribution in [1.82, 2.24) is 20.0 Å². The number of aliphatic hydroxyl groups excluding tert-OH is 1. The molecule has 5 atom stereocenters. The summed E-state index contributed by atoms with van der Waals surface area (Å²) in [5.41, 5.74) is 2.52. The monoisotopic (exact) mass is 334 g/mol. The van der Waals surface area contributed by atoms with Crippen molar-refractivity contribution >= 4 is 0 Å². The number of likely N-dealkylation sites (tertiary alicyclic amines) is 1. The standard InChI is InChI=1S/C19H34N4O/c1-7-23-11-19(18(23)12(2)3)9-16(17(24)10-19)20-14(5)15-8-13(4)22(6)21-15/h8,12,14,16-18,20,24H,7,9-11H2,1-6H3/t14?,16-,17-,18?,19?/m1/s1. The van der Waals surface area contributed by atoms with Crippen LogP contribution in [0, 0.1) is 18.3 Å². The number of hydrogen-bond acceptors (Lipinski definition) is 4. The molecule has 3 unspecified atom stereocenters. The summed E-state index contributed by atoms with van der Waals surface area (Å²) >= 11 is 0. The van der Waals surface area contributed by atoms with E-state index >= 15 is 0 Å². The van der Waals surface area contributed by atoms with Crippen molar-refractivity contribution in [2.75, 3.05) is 13.1 Å². The van der Waals surface area contributed by atoms with Gasteiger partial charge in [0.1, 0.15) is 0 Å². The highest BCUT2D eigenvalue weighted by atomic mass is 16.3. The molecule has 1 aliphatic heterocycles. The molecule has 136 valence electrons. The first-order valence-corrected chi connectivity index (χ1v) is 9.46. The molecule has 1 saturated carbocycles. The Bertz CT molecular complexity index is 564. The van der Waals surface area contributed by atoms with Crippen molar-refractivity contribution in [3.8, 4) is 0 Å². The summed E-state index contributed by atoms with van der Waals surface area (Å²) < 4.78 is 1.92. The van der Waals surface area contributed by atoms with Crippen LogP contribution in [0.2, 0.25) is 0 Å². The van der Waals surface area contributed by atoms with Crippen molar-refractivity contribution < 1.29 is 5.11 Å². The fraction of sp³-hybridized carbons (Fsp3) is 0.842. The molecular weight excluding hydrogens is 300 g/mol. The fourth-order valence-corrected chi connectivity index (χ4v) is 5.27. The average molecular weight is 335 g/mol. The summed E-state index contributed by atoms with van der Waals surface area (Å²) in [6.07, 6.45) is 1.75. The molecule has 0 radical (unpaired) electrons. The maximum absolute atomic E-state index is 10.7. The molecule has 1 saturated heterocycles. The van der Waals surface area contributed by atoms with Crippen molar-refractivity contribution in [2.24, 2.45) is 18.4 Å². The van der Waals surface area contributed by atoms with Gasteiger partial charge in [0.05, 0.1) is 11.8 Å². The molecule has 1 aromatic heterocycles. The quantitative estimate of drug-likeness (QED) is 0.867. The Morgan fingerprint density at radius 2 is 2.08 bits per heavy atom. The molecule has 1 aliphatic carbocycles. The molecule has 3 rings (SSSR count). The van der Waals surface area contributed by atoms with Crippen LogP contribution in [0.4, 0.5) is 0 Å². The van der Waals surface area contributed by atoms with E-state index in [4.69, 9.17) is 0 Å². The average Bonchev–Trinajstić information content (AvgIpc) is 2.98. The zero-order chi connectivity index (χ0) is 17.6. The van der Waals surface area contributed by atoms with Gasteiger partial charge in [-0.2, -0.15) is 5.10 Å². The van der Waals surface area contributed by atoms with E-state index < -0.39 is 0 Å². The predicted octanol–water partition coefficient (Wildman–Crippen LogP) is 2.25. The maximum atomic E-state index is 10.7. The third-order valence-corrected chi connectivity index (χ3v) is 6.32. The van der Waals surface area contributed by atoms with E-state index in [1.807, 2.05) is 11.7 Å². The van der Waals surface area contributed by atoms with E-state index in [1.54, 1.807) is 0 Å². The molecular formula is C19H34N4O. The SMILES string of the molecule is CCN1CC2(C[C@@H](O)[C@H](NC(C)c3cc(C)n(C)n3)C2)C1C(C)C. The number of hydrogen-bond donors (Lipinski definition) is 2. The van der Waals surface area contributed by atoms with Crippen molar-refractivity contribution in [3.63, 3.8) is 0 Å². The summed E-state index contributed by atoms with van der Waals surface area (Å²) in [5, 5.41) is 18.9.